The van der Waals surface area contributed by atoms with Crippen LogP contribution in [0.2, 0.25) is 10.0 Å². The quantitative estimate of drug-likeness (QED) is 0.839. The van der Waals surface area contributed by atoms with Crippen molar-refractivity contribution < 1.29 is 23.4 Å². The molecule has 0 radical (unpaired) electrons. The van der Waals surface area contributed by atoms with Crippen LogP contribution in [0.15, 0.2) is 12.1 Å². The van der Waals surface area contributed by atoms with E-state index >= 15 is 0 Å². The van der Waals surface area contributed by atoms with Gasteiger partial charge >= 0.3 is 6.18 Å². The highest BCUT2D eigenvalue weighted by Gasteiger charge is 2.30. The number of halogens is 5. The molecule has 0 aliphatic heterocycles. The van der Waals surface area contributed by atoms with Gasteiger partial charge in [-0.3, -0.25) is 4.90 Å². The Hall–Kier alpha value is -0.690. The lowest BCUT2D eigenvalue weighted by molar-refractivity contribution is -0.147. The fourth-order valence-corrected chi connectivity index (χ4v) is 2.28. The average molecular weight is 332 g/mol. The molecule has 8 heteroatoms. The highest BCUT2D eigenvalue weighted by Crippen LogP contribution is 2.32. The van der Waals surface area contributed by atoms with Gasteiger partial charge in [0, 0.05) is 30.3 Å². The summed E-state index contributed by atoms with van der Waals surface area (Å²) < 4.78 is 37.4. The number of hydrogen-bond donors (Lipinski definition) is 2. The Kier molecular flexibility index (Phi) is 6.39. The third-order valence-electron chi connectivity index (χ3n) is 2.54. The monoisotopic (exact) mass is 331 g/mol. The fourth-order valence-electron chi connectivity index (χ4n) is 1.74. The van der Waals surface area contributed by atoms with E-state index in [1.54, 1.807) is 0 Å². The van der Waals surface area contributed by atoms with Crippen LogP contribution in [-0.4, -0.2) is 41.0 Å². The third kappa shape index (κ3) is 5.75. The molecule has 0 atom stereocenters. The molecular formula is C12H14Cl2F3NO2. The van der Waals surface area contributed by atoms with Gasteiger partial charge in [-0.2, -0.15) is 13.2 Å². The lowest BCUT2D eigenvalue weighted by Gasteiger charge is -2.24. The summed E-state index contributed by atoms with van der Waals surface area (Å²) in [6, 6.07) is 2.68. The Balaban J connectivity index is 2.88. The van der Waals surface area contributed by atoms with E-state index in [1.165, 1.54) is 12.1 Å². The van der Waals surface area contributed by atoms with Gasteiger partial charge < -0.3 is 10.2 Å². The molecule has 0 heterocycles. The molecule has 0 saturated carbocycles. The SMILES string of the molecule is OCCCN(Cc1cc(Cl)cc(Cl)c1O)CC(F)(F)F. The smallest absolute Gasteiger partial charge is 0.401 e. The molecule has 0 aliphatic rings. The molecule has 0 bridgehead atoms. The van der Waals surface area contributed by atoms with Crippen LogP contribution in [0.5, 0.6) is 5.75 Å². The lowest BCUT2D eigenvalue weighted by atomic mass is 10.2. The normalized spacial score (nSPS) is 12.2. The Labute approximate surface area is 124 Å². The molecule has 0 unspecified atom stereocenters. The van der Waals surface area contributed by atoms with Crippen LogP contribution < -0.4 is 0 Å². The average Bonchev–Trinajstić information content (AvgIpc) is 2.30. The van der Waals surface area contributed by atoms with Crippen LogP contribution in [-0.2, 0) is 6.54 Å². The van der Waals surface area contributed by atoms with E-state index in [2.05, 4.69) is 0 Å². The summed E-state index contributed by atoms with van der Waals surface area (Å²) in [5.41, 5.74) is 0.213. The van der Waals surface area contributed by atoms with E-state index < -0.39 is 12.7 Å². The molecule has 0 amide bonds. The van der Waals surface area contributed by atoms with E-state index in [0.29, 0.717) is 0 Å². The Morgan fingerprint density at radius 3 is 2.40 bits per heavy atom. The number of benzene rings is 1. The first-order valence-electron chi connectivity index (χ1n) is 5.80. The second-order valence-corrected chi connectivity index (χ2v) is 5.14. The molecule has 0 aromatic heterocycles. The number of alkyl halides is 3. The van der Waals surface area contributed by atoms with Gasteiger partial charge in [-0.15, -0.1) is 0 Å². The predicted octanol–water partition coefficient (Wildman–Crippen LogP) is 3.45. The maximum absolute atomic E-state index is 12.5. The molecule has 1 rings (SSSR count). The van der Waals surface area contributed by atoms with Crippen molar-refractivity contribution in [3.63, 3.8) is 0 Å². The van der Waals surface area contributed by atoms with E-state index in [0.717, 1.165) is 4.90 Å². The summed E-state index contributed by atoms with van der Waals surface area (Å²) in [6.45, 7) is -1.47. The number of aliphatic hydroxyl groups excluding tert-OH is 1. The fraction of sp³-hybridized carbons (Fsp3) is 0.500. The van der Waals surface area contributed by atoms with Crippen LogP contribution in [0.1, 0.15) is 12.0 Å². The Morgan fingerprint density at radius 2 is 1.85 bits per heavy atom. The molecule has 20 heavy (non-hydrogen) atoms. The Bertz CT molecular complexity index is 455. The molecule has 2 N–H and O–H groups in total. The van der Waals surface area contributed by atoms with Crippen molar-refractivity contribution in [3.05, 3.63) is 27.7 Å². The summed E-state index contributed by atoms with van der Waals surface area (Å²) in [4.78, 5) is 1.07. The minimum atomic E-state index is -4.37. The minimum absolute atomic E-state index is 0.0124. The van der Waals surface area contributed by atoms with Gasteiger partial charge in [0.15, 0.2) is 0 Å². The molecule has 0 aliphatic carbocycles. The number of hydrogen-bond acceptors (Lipinski definition) is 3. The first kappa shape index (κ1) is 17.4. The molecule has 1 aromatic rings. The van der Waals surface area contributed by atoms with Crippen LogP contribution >= 0.6 is 23.2 Å². The predicted molar refractivity (Wildman–Crippen MR) is 71.2 cm³/mol. The standard InChI is InChI=1S/C12H14Cl2F3NO2/c13-9-4-8(11(20)10(14)5-9)6-18(2-1-3-19)7-12(15,16)17/h4-5,19-20H,1-3,6-7H2. The van der Waals surface area contributed by atoms with Gasteiger partial charge in [-0.25, -0.2) is 0 Å². The number of aliphatic hydroxyl groups is 1. The Morgan fingerprint density at radius 1 is 1.20 bits per heavy atom. The van der Waals surface area contributed by atoms with Gasteiger partial charge in [0.05, 0.1) is 11.6 Å². The maximum atomic E-state index is 12.5. The number of phenolic OH excluding ortho intramolecular Hbond substituents is 1. The summed E-state index contributed by atoms with van der Waals surface area (Å²) >= 11 is 11.5. The number of aromatic hydroxyl groups is 1. The topological polar surface area (TPSA) is 43.7 Å². The third-order valence-corrected chi connectivity index (χ3v) is 3.04. The highest BCUT2D eigenvalue weighted by molar-refractivity contribution is 6.35. The van der Waals surface area contributed by atoms with Crippen LogP contribution in [0.3, 0.4) is 0 Å². The zero-order valence-corrected chi connectivity index (χ0v) is 11.9. The van der Waals surface area contributed by atoms with Crippen molar-refractivity contribution in [1.29, 1.82) is 0 Å². The van der Waals surface area contributed by atoms with E-state index in [-0.39, 0.29) is 47.5 Å². The van der Waals surface area contributed by atoms with Gasteiger partial charge in [0.1, 0.15) is 5.75 Å². The van der Waals surface area contributed by atoms with Gasteiger partial charge in [0.2, 0.25) is 0 Å². The molecule has 0 saturated heterocycles. The molecule has 0 spiro atoms. The summed E-state index contributed by atoms with van der Waals surface area (Å²) in [5, 5.41) is 18.7. The molecule has 0 fully saturated rings. The van der Waals surface area contributed by atoms with Crippen molar-refractivity contribution in [2.24, 2.45) is 0 Å². The van der Waals surface area contributed by atoms with Crippen LogP contribution in [0.25, 0.3) is 0 Å². The van der Waals surface area contributed by atoms with Crippen LogP contribution in [0, 0.1) is 0 Å². The van der Waals surface area contributed by atoms with Crippen molar-refractivity contribution in [3.8, 4) is 5.75 Å². The maximum Gasteiger partial charge on any atom is 0.401 e. The summed E-state index contributed by atoms with van der Waals surface area (Å²) in [7, 11) is 0. The number of phenols is 1. The summed E-state index contributed by atoms with van der Waals surface area (Å²) in [5.74, 6) is -0.285. The molecule has 3 nitrogen and oxygen atoms in total. The molecular weight excluding hydrogens is 318 g/mol. The lowest BCUT2D eigenvalue weighted by Crippen LogP contribution is -2.34. The van der Waals surface area contributed by atoms with E-state index in [9.17, 15) is 18.3 Å². The zero-order chi connectivity index (χ0) is 15.3. The van der Waals surface area contributed by atoms with Crippen molar-refractivity contribution in [2.45, 2.75) is 19.1 Å². The minimum Gasteiger partial charge on any atom is -0.506 e. The zero-order valence-electron chi connectivity index (χ0n) is 10.4. The van der Waals surface area contributed by atoms with Crippen LogP contribution in [0.4, 0.5) is 13.2 Å². The number of nitrogens with zero attached hydrogens (tertiary/aromatic N) is 1. The van der Waals surface area contributed by atoms with Crippen molar-refractivity contribution in [2.75, 3.05) is 19.7 Å². The second kappa shape index (κ2) is 7.36. The molecule has 114 valence electrons. The van der Waals surface area contributed by atoms with Crippen molar-refractivity contribution >= 4 is 23.2 Å². The summed E-state index contributed by atoms with van der Waals surface area (Å²) in [6.07, 6.45) is -4.17. The van der Waals surface area contributed by atoms with Gasteiger partial charge in [-0.05, 0) is 18.6 Å². The number of rotatable bonds is 6. The first-order chi connectivity index (χ1) is 9.23. The molecule has 1 aromatic carbocycles. The first-order valence-corrected chi connectivity index (χ1v) is 6.55. The largest absolute Gasteiger partial charge is 0.506 e. The van der Waals surface area contributed by atoms with Crippen molar-refractivity contribution in [1.82, 2.24) is 4.90 Å². The van der Waals surface area contributed by atoms with E-state index in [4.69, 9.17) is 28.3 Å². The van der Waals surface area contributed by atoms with Gasteiger partial charge in [0.25, 0.3) is 0 Å². The van der Waals surface area contributed by atoms with E-state index in [1.807, 2.05) is 0 Å². The van der Waals surface area contributed by atoms with Gasteiger partial charge in [-0.1, -0.05) is 23.2 Å². The highest BCUT2D eigenvalue weighted by atomic mass is 35.5. The second-order valence-electron chi connectivity index (χ2n) is 4.30.